The largest absolute Gasteiger partial charge is 0.396 e. The summed E-state index contributed by atoms with van der Waals surface area (Å²) >= 11 is 0. The fourth-order valence-electron chi connectivity index (χ4n) is 1.89. The number of primary sulfonamides is 1. The zero-order chi connectivity index (χ0) is 13.9. The molecule has 0 amide bonds. The highest BCUT2D eigenvalue weighted by Gasteiger charge is 2.17. The van der Waals surface area contributed by atoms with Gasteiger partial charge in [0.1, 0.15) is 4.90 Å². The first kappa shape index (κ1) is 14.8. The lowest BCUT2D eigenvalue weighted by Gasteiger charge is -2.27. The van der Waals surface area contributed by atoms with Gasteiger partial charge in [0.2, 0.25) is 10.0 Å². The molecule has 0 saturated heterocycles. The van der Waals surface area contributed by atoms with Gasteiger partial charge in [-0.15, -0.1) is 0 Å². The van der Waals surface area contributed by atoms with E-state index >= 15 is 0 Å². The molecular weight excluding hydrogens is 250 g/mol. The molecular formula is C12H21N3O2S. The first-order valence-electron chi connectivity index (χ1n) is 5.93. The SMILES string of the molecule is CCN(CC(C)C)c1cccc(S(N)(=O)=O)c1N. The van der Waals surface area contributed by atoms with E-state index in [1.165, 1.54) is 6.07 Å². The Hall–Kier alpha value is -1.27. The Labute approximate surface area is 109 Å². The van der Waals surface area contributed by atoms with Gasteiger partial charge in [-0.05, 0) is 25.0 Å². The van der Waals surface area contributed by atoms with E-state index in [4.69, 9.17) is 10.9 Å². The number of nitrogen functional groups attached to an aromatic ring is 1. The van der Waals surface area contributed by atoms with Crippen LogP contribution in [0.25, 0.3) is 0 Å². The van der Waals surface area contributed by atoms with Crippen LogP contribution in [0.15, 0.2) is 23.1 Å². The minimum atomic E-state index is -3.78. The molecule has 0 bridgehead atoms. The number of anilines is 2. The van der Waals surface area contributed by atoms with Gasteiger partial charge in [0.05, 0.1) is 11.4 Å². The van der Waals surface area contributed by atoms with Crippen LogP contribution in [0.3, 0.4) is 0 Å². The van der Waals surface area contributed by atoms with Crippen LogP contribution in [0.5, 0.6) is 0 Å². The Morgan fingerprint density at radius 3 is 2.39 bits per heavy atom. The van der Waals surface area contributed by atoms with Crippen molar-refractivity contribution in [2.24, 2.45) is 11.1 Å². The van der Waals surface area contributed by atoms with Gasteiger partial charge >= 0.3 is 0 Å². The smallest absolute Gasteiger partial charge is 0.240 e. The average molecular weight is 271 g/mol. The summed E-state index contributed by atoms with van der Waals surface area (Å²) < 4.78 is 22.8. The van der Waals surface area contributed by atoms with Crippen molar-refractivity contribution in [3.05, 3.63) is 18.2 Å². The van der Waals surface area contributed by atoms with Crippen LogP contribution in [0.4, 0.5) is 11.4 Å². The maximum Gasteiger partial charge on any atom is 0.240 e. The molecule has 0 fully saturated rings. The summed E-state index contributed by atoms with van der Waals surface area (Å²) in [6, 6.07) is 4.90. The highest BCUT2D eigenvalue weighted by atomic mass is 32.2. The summed E-state index contributed by atoms with van der Waals surface area (Å²) in [4.78, 5) is 2.04. The Kier molecular flexibility index (Phi) is 4.59. The van der Waals surface area contributed by atoms with Crippen molar-refractivity contribution < 1.29 is 8.42 Å². The average Bonchev–Trinajstić information content (AvgIpc) is 2.24. The molecule has 0 atom stereocenters. The van der Waals surface area contributed by atoms with Crippen LogP contribution in [-0.2, 0) is 10.0 Å². The highest BCUT2D eigenvalue weighted by molar-refractivity contribution is 7.89. The van der Waals surface area contributed by atoms with E-state index in [2.05, 4.69) is 18.7 Å². The lowest BCUT2D eigenvalue weighted by atomic mass is 10.1. The molecule has 1 aromatic rings. The Morgan fingerprint density at radius 2 is 1.94 bits per heavy atom. The van der Waals surface area contributed by atoms with E-state index in [1.54, 1.807) is 6.07 Å². The molecule has 0 radical (unpaired) electrons. The number of para-hydroxylation sites is 1. The summed E-state index contributed by atoms with van der Waals surface area (Å²) in [5.74, 6) is 0.461. The zero-order valence-electron chi connectivity index (χ0n) is 11.1. The van der Waals surface area contributed by atoms with Gasteiger partial charge < -0.3 is 10.6 Å². The number of nitrogens with two attached hydrogens (primary N) is 2. The summed E-state index contributed by atoms with van der Waals surface area (Å²) in [5.41, 5.74) is 6.87. The fraction of sp³-hybridized carbons (Fsp3) is 0.500. The van der Waals surface area contributed by atoms with Gasteiger partial charge in [-0.1, -0.05) is 19.9 Å². The zero-order valence-corrected chi connectivity index (χ0v) is 11.9. The van der Waals surface area contributed by atoms with Crippen LogP contribution >= 0.6 is 0 Å². The molecule has 18 heavy (non-hydrogen) atoms. The molecule has 6 heteroatoms. The summed E-state index contributed by atoms with van der Waals surface area (Å²) in [6.45, 7) is 7.78. The second-order valence-electron chi connectivity index (χ2n) is 4.67. The third-order valence-corrected chi connectivity index (χ3v) is 3.63. The minimum absolute atomic E-state index is 0.0118. The fourth-order valence-corrected chi connectivity index (χ4v) is 2.57. The number of hydrogen-bond donors (Lipinski definition) is 2. The van der Waals surface area contributed by atoms with E-state index in [9.17, 15) is 8.42 Å². The molecule has 1 aromatic carbocycles. The summed E-state index contributed by atoms with van der Waals surface area (Å²) in [6.07, 6.45) is 0. The van der Waals surface area contributed by atoms with Gasteiger partial charge in [-0.25, -0.2) is 13.6 Å². The monoisotopic (exact) mass is 271 g/mol. The van der Waals surface area contributed by atoms with Crippen molar-refractivity contribution >= 4 is 21.4 Å². The molecule has 0 aromatic heterocycles. The summed E-state index contributed by atoms with van der Waals surface area (Å²) in [7, 11) is -3.78. The number of hydrogen-bond acceptors (Lipinski definition) is 4. The molecule has 0 aliphatic heterocycles. The van der Waals surface area contributed by atoms with Gasteiger partial charge in [-0.2, -0.15) is 0 Å². The van der Waals surface area contributed by atoms with Crippen LogP contribution in [-0.4, -0.2) is 21.5 Å². The van der Waals surface area contributed by atoms with E-state index in [0.717, 1.165) is 18.8 Å². The lowest BCUT2D eigenvalue weighted by Crippen LogP contribution is -2.28. The van der Waals surface area contributed by atoms with Crippen molar-refractivity contribution in [3.63, 3.8) is 0 Å². The van der Waals surface area contributed by atoms with Crippen LogP contribution in [0, 0.1) is 5.92 Å². The Bertz CT molecular complexity index is 512. The normalized spacial score (nSPS) is 11.8. The maximum atomic E-state index is 11.4. The first-order chi connectivity index (χ1) is 8.27. The number of sulfonamides is 1. The predicted molar refractivity (Wildman–Crippen MR) is 75.0 cm³/mol. The molecule has 0 unspecified atom stereocenters. The minimum Gasteiger partial charge on any atom is -0.396 e. The number of benzene rings is 1. The number of nitrogens with zero attached hydrogens (tertiary/aromatic N) is 1. The molecule has 0 heterocycles. The van der Waals surface area contributed by atoms with Gasteiger partial charge in [0.15, 0.2) is 0 Å². The lowest BCUT2D eigenvalue weighted by molar-refractivity contribution is 0.598. The van der Waals surface area contributed by atoms with E-state index in [0.29, 0.717) is 5.92 Å². The van der Waals surface area contributed by atoms with Gasteiger partial charge in [-0.3, -0.25) is 0 Å². The topological polar surface area (TPSA) is 89.4 Å². The molecule has 0 saturated carbocycles. The molecule has 1 rings (SSSR count). The van der Waals surface area contributed by atoms with Crippen molar-refractivity contribution in [1.82, 2.24) is 0 Å². The third kappa shape index (κ3) is 3.36. The summed E-state index contributed by atoms with van der Waals surface area (Å²) in [5, 5.41) is 5.14. The quantitative estimate of drug-likeness (QED) is 0.792. The second kappa shape index (κ2) is 5.58. The second-order valence-corrected chi connectivity index (χ2v) is 6.20. The highest BCUT2D eigenvalue weighted by Crippen LogP contribution is 2.29. The van der Waals surface area contributed by atoms with Gasteiger partial charge in [0.25, 0.3) is 0 Å². The molecule has 4 N–H and O–H groups in total. The maximum absolute atomic E-state index is 11.4. The third-order valence-electron chi connectivity index (χ3n) is 2.66. The molecule has 102 valence electrons. The van der Waals surface area contributed by atoms with Crippen molar-refractivity contribution in [3.8, 4) is 0 Å². The van der Waals surface area contributed by atoms with Crippen LogP contribution in [0.2, 0.25) is 0 Å². The molecule has 5 nitrogen and oxygen atoms in total. The van der Waals surface area contributed by atoms with Crippen molar-refractivity contribution in [2.75, 3.05) is 23.7 Å². The van der Waals surface area contributed by atoms with Crippen molar-refractivity contribution in [2.45, 2.75) is 25.7 Å². The molecule has 0 aliphatic rings. The van der Waals surface area contributed by atoms with Crippen molar-refractivity contribution in [1.29, 1.82) is 0 Å². The molecule has 0 aliphatic carbocycles. The standard InChI is InChI=1S/C12H21N3O2S/c1-4-15(8-9(2)3)10-6-5-7-11(12(10)13)18(14,16)17/h5-7,9H,4,8,13H2,1-3H3,(H2,14,16,17). The number of rotatable bonds is 5. The van der Waals surface area contributed by atoms with Crippen LogP contribution < -0.4 is 15.8 Å². The van der Waals surface area contributed by atoms with E-state index in [-0.39, 0.29) is 10.6 Å². The van der Waals surface area contributed by atoms with E-state index in [1.807, 2.05) is 13.0 Å². The Morgan fingerprint density at radius 1 is 1.33 bits per heavy atom. The molecule has 0 spiro atoms. The van der Waals surface area contributed by atoms with Gasteiger partial charge in [0, 0.05) is 13.1 Å². The van der Waals surface area contributed by atoms with E-state index < -0.39 is 10.0 Å². The Balaban J connectivity index is 3.25. The first-order valence-corrected chi connectivity index (χ1v) is 7.48. The predicted octanol–water partition coefficient (Wildman–Crippen LogP) is 1.40. The van der Waals surface area contributed by atoms with Crippen LogP contribution in [0.1, 0.15) is 20.8 Å².